The zero-order valence-corrected chi connectivity index (χ0v) is 11.9. The highest BCUT2D eigenvalue weighted by Gasteiger charge is 2.24. The van der Waals surface area contributed by atoms with E-state index in [2.05, 4.69) is 34.8 Å². The van der Waals surface area contributed by atoms with E-state index in [1.54, 1.807) is 0 Å². The lowest BCUT2D eigenvalue weighted by atomic mass is 9.94. The summed E-state index contributed by atoms with van der Waals surface area (Å²) in [4.78, 5) is 13.5. The molecule has 2 heterocycles. The predicted molar refractivity (Wildman–Crippen MR) is 75.0 cm³/mol. The van der Waals surface area contributed by atoms with Gasteiger partial charge >= 0.3 is 0 Å². The molecule has 0 bridgehead atoms. The van der Waals surface area contributed by atoms with E-state index in [0.29, 0.717) is 12.0 Å². The summed E-state index contributed by atoms with van der Waals surface area (Å²) < 4.78 is 0. The molecule has 0 N–H and O–H groups in total. The number of rotatable bonds is 3. The Morgan fingerprint density at radius 1 is 1.39 bits per heavy atom. The van der Waals surface area contributed by atoms with Gasteiger partial charge in [0.05, 0.1) is 5.69 Å². The highest BCUT2D eigenvalue weighted by atomic mass is 15.2. The molecule has 0 aliphatic carbocycles. The van der Waals surface area contributed by atoms with Gasteiger partial charge in [-0.25, -0.2) is 9.97 Å². The van der Waals surface area contributed by atoms with Crippen LogP contribution in [0.25, 0.3) is 0 Å². The van der Waals surface area contributed by atoms with Crippen LogP contribution >= 0.6 is 0 Å². The third kappa shape index (κ3) is 2.99. The molecule has 0 aromatic carbocycles. The van der Waals surface area contributed by atoms with Crippen LogP contribution in [0.5, 0.6) is 0 Å². The highest BCUT2D eigenvalue weighted by Crippen LogP contribution is 2.27. The fourth-order valence-corrected chi connectivity index (χ4v) is 2.52. The van der Waals surface area contributed by atoms with Gasteiger partial charge in [-0.3, -0.25) is 0 Å². The number of hydrogen-bond acceptors (Lipinski definition) is 4. The first-order chi connectivity index (χ1) is 8.58. The van der Waals surface area contributed by atoms with Gasteiger partial charge in [-0.15, -0.1) is 0 Å². The van der Waals surface area contributed by atoms with E-state index in [0.717, 1.165) is 12.5 Å². The van der Waals surface area contributed by atoms with Crippen molar-refractivity contribution in [2.45, 2.75) is 38.6 Å². The van der Waals surface area contributed by atoms with Gasteiger partial charge in [0.2, 0.25) is 5.95 Å². The van der Waals surface area contributed by atoms with Crippen molar-refractivity contribution in [1.82, 2.24) is 14.9 Å². The Morgan fingerprint density at radius 3 is 2.83 bits per heavy atom. The molecular weight excluding hydrogens is 224 g/mol. The molecule has 0 amide bonds. The van der Waals surface area contributed by atoms with Crippen LogP contribution in [0.4, 0.5) is 5.95 Å². The van der Waals surface area contributed by atoms with Gasteiger partial charge in [-0.2, -0.15) is 0 Å². The summed E-state index contributed by atoms with van der Waals surface area (Å²) in [5.41, 5.74) is 1.19. The maximum Gasteiger partial charge on any atom is 0.224 e. The van der Waals surface area contributed by atoms with E-state index >= 15 is 0 Å². The fraction of sp³-hybridized carbons (Fsp3) is 0.714. The van der Waals surface area contributed by atoms with E-state index < -0.39 is 0 Å². The second-order valence-electron chi connectivity index (χ2n) is 5.60. The number of piperidine rings is 1. The van der Waals surface area contributed by atoms with Gasteiger partial charge in [0, 0.05) is 38.8 Å². The zero-order valence-electron chi connectivity index (χ0n) is 11.9. The molecule has 18 heavy (non-hydrogen) atoms. The van der Waals surface area contributed by atoms with E-state index in [4.69, 9.17) is 0 Å². The standard InChI is InChI=1S/C14H24N4/c1-11(2)18-9-5-6-12(10-18)13-7-8-15-14(16-13)17(3)4/h7-8,11-12H,5-6,9-10H2,1-4H3/t12-/m1/s1. The first-order valence-electron chi connectivity index (χ1n) is 6.82. The smallest absolute Gasteiger partial charge is 0.224 e. The molecule has 4 heteroatoms. The van der Waals surface area contributed by atoms with Gasteiger partial charge < -0.3 is 9.80 Å². The molecule has 1 saturated heterocycles. The van der Waals surface area contributed by atoms with Crippen molar-refractivity contribution in [1.29, 1.82) is 0 Å². The van der Waals surface area contributed by atoms with E-state index in [1.807, 2.05) is 25.2 Å². The summed E-state index contributed by atoms with van der Waals surface area (Å²) in [6.45, 7) is 6.89. The average Bonchev–Trinajstić information content (AvgIpc) is 2.39. The van der Waals surface area contributed by atoms with Crippen molar-refractivity contribution < 1.29 is 0 Å². The number of hydrogen-bond donors (Lipinski definition) is 0. The largest absolute Gasteiger partial charge is 0.347 e. The second kappa shape index (κ2) is 5.65. The molecule has 100 valence electrons. The maximum absolute atomic E-state index is 4.68. The summed E-state index contributed by atoms with van der Waals surface area (Å²) in [6.07, 6.45) is 4.39. The van der Waals surface area contributed by atoms with Crippen LogP contribution in [-0.2, 0) is 0 Å². The lowest BCUT2D eigenvalue weighted by Crippen LogP contribution is -2.39. The quantitative estimate of drug-likeness (QED) is 0.820. The summed E-state index contributed by atoms with van der Waals surface area (Å²) >= 11 is 0. The first-order valence-corrected chi connectivity index (χ1v) is 6.82. The molecule has 1 aliphatic rings. The fourth-order valence-electron chi connectivity index (χ4n) is 2.52. The number of likely N-dealkylation sites (tertiary alicyclic amines) is 1. The molecule has 1 atom stereocenters. The summed E-state index contributed by atoms with van der Waals surface area (Å²) in [5, 5.41) is 0. The molecule has 0 radical (unpaired) electrons. The Bertz CT molecular complexity index is 389. The van der Waals surface area contributed by atoms with Crippen LogP contribution in [0, 0.1) is 0 Å². The SMILES string of the molecule is CC(C)N1CCC[C@@H](c2ccnc(N(C)C)n2)C1. The molecule has 1 aromatic heterocycles. The van der Waals surface area contributed by atoms with Crippen LogP contribution in [0.1, 0.15) is 38.3 Å². The van der Waals surface area contributed by atoms with E-state index in [9.17, 15) is 0 Å². The Kier molecular flexibility index (Phi) is 4.17. The van der Waals surface area contributed by atoms with Crippen LogP contribution in [-0.4, -0.2) is 48.1 Å². The minimum absolute atomic E-state index is 0.558. The van der Waals surface area contributed by atoms with Crippen molar-refractivity contribution in [3.8, 4) is 0 Å². The average molecular weight is 248 g/mol. The minimum Gasteiger partial charge on any atom is -0.347 e. The molecule has 1 fully saturated rings. The molecule has 2 rings (SSSR count). The topological polar surface area (TPSA) is 32.3 Å². The molecule has 1 aliphatic heterocycles. The molecule has 0 unspecified atom stereocenters. The van der Waals surface area contributed by atoms with Crippen molar-refractivity contribution in [3.63, 3.8) is 0 Å². The Hall–Kier alpha value is -1.16. The van der Waals surface area contributed by atoms with Gasteiger partial charge in [0.15, 0.2) is 0 Å². The zero-order chi connectivity index (χ0) is 13.1. The molecule has 0 spiro atoms. The molecule has 4 nitrogen and oxygen atoms in total. The van der Waals surface area contributed by atoms with Crippen molar-refractivity contribution >= 4 is 5.95 Å². The van der Waals surface area contributed by atoms with Crippen molar-refractivity contribution in [2.75, 3.05) is 32.1 Å². The van der Waals surface area contributed by atoms with Crippen molar-refractivity contribution in [2.24, 2.45) is 0 Å². The second-order valence-corrected chi connectivity index (χ2v) is 5.60. The monoisotopic (exact) mass is 248 g/mol. The highest BCUT2D eigenvalue weighted by molar-refractivity contribution is 5.28. The van der Waals surface area contributed by atoms with E-state index in [1.165, 1.54) is 25.1 Å². The number of aromatic nitrogens is 2. The van der Waals surface area contributed by atoms with Crippen LogP contribution in [0.2, 0.25) is 0 Å². The molecule has 1 aromatic rings. The van der Waals surface area contributed by atoms with Crippen LogP contribution in [0.3, 0.4) is 0 Å². The Labute approximate surface area is 110 Å². The molecule has 0 saturated carbocycles. The third-order valence-corrected chi connectivity index (χ3v) is 3.67. The van der Waals surface area contributed by atoms with Crippen LogP contribution < -0.4 is 4.90 Å². The number of nitrogens with zero attached hydrogens (tertiary/aromatic N) is 4. The van der Waals surface area contributed by atoms with Gasteiger partial charge in [0.25, 0.3) is 0 Å². The Balaban J connectivity index is 2.13. The normalized spacial score (nSPS) is 21.3. The van der Waals surface area contributed by atoms with E-state index in [-0.39, 0.29) is 0 Å². The third-order valence-electron chi connectivity index (χ3n) is 3.67. The van der Waals surface area contributed by atoms with Gasteiger partial charge in [0.1, 0.15) is 0 Å². The lowest BCUT2D eigenvalue weighted by molar-refractivity contribution is 0.166. The first kappa shape index (κ1) is 13.3. The maximum atomic E-state index is 4.68. The predicted octanol–water partition coefficient (Wildman–Crippen LogP) is 2.13. The Morgan fingerprint density at radius 2 is 2.17 bits per heavy atom. The number of anilines is 1. The lowest BCUT2D eigenvalue weighted by Gasteiger charge is -2.35. The summed E-state index contributed by atoms with van der Waals surface area (Å²) in [5.74, 6) is 1.37. The van der Waals surface area contributed by atoms with Gasteiger partial charge in [-0.05, 0) is 39.3 Å². The summed E-state index contributed by atoms with van der Waals surface area (Å²) in [6, 6.07) is 2.70. The van der Waals surface area contributed by atoms with Gasteiger partial charge in [-0.1, -0.05) is 0 Å². The minimum atomic E-state index is 0.558. The summed E-state index contributed by atoms with van der Waals surface area (Å²) in [7, 11) is 3.97. The molecular formula is C14H24N4. The van der Waals surface area contributed by atoms with Crippen molar-refractivity contribution in [3.05, 3.63) is 18.0 Å². The van der Waals surface area contributed by atoms with Crippen LogP contribution in [0.15, 0.2) is 12.3 Å².